The van der Waals surface area contributed by atoms with E-state index in [0.717, 1.165) is 24.8 Å². The minimum Gasteiger partial charge on any atom is -0.496 e. The van der Waals surface area contributed by atoms with Crippen molar-refractivity contribution < 1.29 is 19.4 Å². The summed E-state index contributed by atoms with van der Waals surface area (Å²) >= 11 is 0. The second-order valence-electron chi connectivity index (χ2n) is 5.61. The molecule has 128 valence electrons. The lowest BCUT2D eigenvalue weighted by Gasteiger charge is -2.13. The van der Waals surface area contributed by atoms with Gasteiger partial charge in [-0.1, -0.05) is 45.2 Å². The third-order valence-corrected chi connectivity index (χ3v) is 3.90. The molecule has 1 unspecified atom stereocenters. The number of carbonyl (C=O) groups excluding carboxylic acids is 1. The van der Waals surface area contributed by atoms with Gasteiger partial charge in [-0.05, 0) is 30.0 Å². The highest BCUT2D eigenvalue weighted by Crippen LogP contribution is 2.21. The minimum absolute atomic E-state index is 0.0780. The first kappa shape index (κ1) is 19.2. The van der Waals surface area contributed by atoms with E-state index in [1.54, 1.807) is 25.3 Å². The molecule has 1 rings (SSSR count). The summed E-state index contributed by atoms with van der Waals surface area (Å²) in [5.41, 5.74) is 1.54. The van der Waals surface area contributed by atoms with E-state index in [9.17, 15) is 9.90 Å². The van der Waals surface area contributed by atoms with Crippen LogP contribution in [0.4, 0.5) is 0 Å². The van der Waals surface area contributed by atoms with Crippen LogP contribution in [0.15, 0.2) is 24.3 Å². The Morgan fingerprint density at radius 2 is 2.13 bits per heavy atom. The molecular formula is C19H28O4. The second kappa shape index (κ2) is 10.8. The first-order chi connectivity index (χ1) is 11.1. The number of aliphatic hydroxyl groups is 1. The van der Waals surface area contributed by atoms with Crippen molar-refractivity contribution in [3.05, 3.63) is 35.4 Å². The van der Waals surface area contributed by atoms with Crippen LogP contribution < -0.4 is 4.74 Å². The largest absolute Gasteiger partial charge is 0.496 e. The van der Waals surface area contributed by atoms with Crippen molar-refractivity contribution in [2.75, 3.05) is 13.7 Å². The quantitative estimate of drug-likeness (QED) is 0.524. The van der Waals surface area contributed by atoms with Crippen molar-refractivity contribution in [3.63, 3.8) is 0 Å². The third kappa shape index (κ3) is 6.87. The molecule has 0 fully saturated rings. The van der Waals surface area contributed by atoms with Gasteiger partial charge in [-0.25, -0.2) is 4.79 Å². The summed E-state index contributed by atoms with van der Waals surface area (Å²) in [6, 6.07) is 5.39. The molecule has 0 saturated heterocycles. The molecule has 1 aromatic carbocycles. The van der Waals surface area contributed by atoms with Gasteiger partial charge in [0, 0.05) is 11.6 Å². The summed E-state index contributed by atoms with van der Waals surface area (Å²) in [7, 11) is 1.55. The number of methoxy groups -OCH3 is 1. The smallest absolute Gasteiger partial charge is 0.330 e. The van der Waals surface area contributed by atoms with Gasteiger partial charge >= 0.3 is 5.97 Å². The van der Waals surface area contributed by atoms with Crippen LogP contribution >= 0.6 is 0 Å². The van der Waals surface area contributed by atoms with Gasteiger partial charge < -0.3 is 14.6 Å². The molecule has 1 N–H and O–H groups in total. The summed E-state index contributed by atoms with van der Waals surface area (Å²) in [5.74, 6) is 0.718. The normalized spacial score (nSPS) is 12.3. The number of rotatable bonds is 10. The number of ether oxygens (including phenoxy) is 2. The third-order valence-electron chi connectivity index (χ3n) is 3.90. The number of aliphatic hydroxyl groups excluding tert-OH is 1. The Kier molecular flexibility index (Phi) is 9.07. The number of esters is 1. The van der Waals surface area contributed by atoms with E-state index >= 15 is 0 Å². The number of unbranched alkanes of at least 4 members (excludes halogenated alkanes) is 1. The van der Waals surface area contributed by atoms with E-state index in [-0.39, 0.29) is 12.6 Å². The van der Waals surface area contributed by atoms with Crippen LogP contribution in [0.1, 0.15) is 50.7 Å². The SMILES string of the molecule is CCCCC(CC)COC(=O)/C=C/c1ccc(CO)c(OC)c1. The molecular weight excluding hydrogens is 292 g/mol. The molecule has 1 aromatic rings. The number of carbonyl (C=O) groups is 1. The molecule has 1 atom stereocenters. The van der Waals surface area contributed by atoms with E-state index in [4.69, 9.17) is 9.47 Å². The van der Waals surface area contributed by atoms with Crippen LogP contribution in [0.5, 0.6) is 5.75 Å². The Labute approximate surface area is 139 Å². The van der Waals surface area contributed by atoms with E-state index in [1.807, 2.05) is 6.07 Å². The molecule has 4 nitrogen and oxygen atoms in total. The molecule has 4 heteroatoms. The first-order valence-corrected chi connectivity index (χ1v) is 8.27. The van der Waals surface area contributed by atoms with Gasteiger partial charge in [-0.15, -0.1) is 0 Å². The lowest BCUT2D eigenvalue weighted by molar-refractivity contribution is -0.139. The van der Waals surface area contributed by atoms with E-state index in [0.29, 0.717) is 23.8 Å². The average Bonchev–Trinajstić information content (AvgIpc) is 2.59. The van der Waals surface area contributed by atoms with Crippen molar-refractivity contribution in [2.24, 2.45) is 5.92 Å². The van der Waals surface area contributed by atoms with Crippen LogP contribution in [0.25, 0.3) is 6.08 Å². The number of hydrogen-bond acceptors (Lipinski definition) is 4. The van der Waals surface area contributed by atoms with Gasteiger partial charge in [0.2, 0.25) is 0 Å². The predicted molar refractivity (Wildman–Crippen MR) is 92.2 cm³/mol. The fourth-order valence-electron chi connectivity index (χ4n) is 2.31. The zero-order valence-electron chi connectivity index (χ0n) is 14.4. The Hall–Kier alpha value is -1.81. The van der Waals surface area contributed by atoms with Crippen molar-refractivity contribution in [1.82, 2.24) is 0 Å². The fourth-order valence-corrected chi connectivity index (χ4v) is 2.31. The summed E-state index contributed by atoms with van der Waals surface area (Å²) in [4.78, 5) is 11.8. The van der Waals surface area contributed by atoms with Gasteiger partial charge in [-0.2, -0.15) is 0 Å². The molecule has 0 bridgehead atoms. The highest BCUT2D eigenvalue weighted by molar-refractivity contribution is 5.87. The Morgan fingerprint density at radius 3 is 2.74 bits per heavy atom. The summed E-state index contributed by atoms with van der Waals surface area (Å²) < 4.78 is 10.5. The average molecular weight is 320 g/mol. The Morgan fingerprint density at radius 1 is 1.35 bits per heavy atom. The van der Waals surface area contributed by atoms with Crippen LogP contribution in [-0.4, -0.2) is 24.8 Å². The van der Waals surface area contributed by atoms with Crippen molar-refractivity contribution in [3.8, 4) is 5.75 Å². The lowest BCUT2D eigenvalue weighted by atomic mass is 10.0. The van der Waals surface area contributed by atoms with E-state index in [1.165, 1.54) is 12.5 Å². The highest BCUT2D eigenvalue weighted by atomic mass is 16.5. The van der Waals surface area contributed by atoms with Crippen molar-refractivity contribution in [1.29, 1.82) is 0 Å². The summed E-state index contributed by atoms with van der Waals surface area (Å²) in [6.45, 7) is 4.69. The van der Waals surface area contributed by atoms with Gasteiger partial charge in [0.1, 0.15) is 5.75 Å². The zero-order chi connectivity index (χ0) is 17.1. The van der Waals surface area contributed by atoms with Crippen molar-refractivity contribution >= 4 is 12.0 Å². The van der Waals surface area contributed by atoms with Crippen LogP contribution in [0.2, 0.25) is 0 Å². The monoisotopic (exact) mass is 320 g/mol. The molecule has 0 spiro atoms. The summed E-state index contributed by atoms with van der Waals surface area (Å²) in [5, 5.41) is 9.19. The summed E-state index contributed by atoms with van der Waals surface area (Å²) in [6.07, 6.45) is 7.58. The topological polar surface area (TPSA) is 55.8 Å². The maximum absolute atomic E-state index is 11.8. The standard InChI is InChI=1S/C19H28O4/c1-4-6-7-15(5-2)14-23-19(21)11-9-16-8-10-17(13-20)18(12-16)22-3/h8-12,15,20H,4-7,13-14H2,1-3H3/b11-9+. The molecule has 0 aliphatic rings. The molecule has 0 amide bonds. The van der Waals surface area contributed by atoms with Crippen LogP contribution in [0.3, 0.4) is 0 Å². The zero-order valence-corrected chi connectivity index (χ0v) is 14.4. The van der Waals surface area contributed by atoms with Gasteiger partial charge in [0.25, 0.3) is 0 Å². The maximum Gasteiger partial charge on any atom is 0.330 e. The van der Waals surface area contributed by atoms with Crippen molar-refractivity contribution in [2.45, 2.75) is 46.1 Å². The van der Waals surface area contributed by atoms with Gasteiger partial charge in [-0.3, -0.25) is 0 Å². The lowest BCUT2D eigenvalue weighted by Crippen LogP contribution is -2.12. The Bertz CT molecular complexity index is 508. The second-order valence-corrected chi connectivity index (χ2v) is 5.61. The minimum atomic E-state index is -0.329. The molecule has 0 aliphatic carbocycles. The van der Waals surface area contributed by atoms with Gasteiger partial charge in [0.15, 0.2) is 0 Å². The molecule has 0 aliphatic heterocycles. The molecule has 0 aromatic heterocycles. The maximum atomic E-state index is 11.8. The van der Waals surface area contributed by atoms with E-state index < -0.39 is 0 Å². The first-order valence-electron chi connectivity index (χ1n) is 8.27. The molecule has 0 radical (unpaired) electrons. The van der Waals surface area contributed by atoms with E-state index in [2.05, 4.69) is 13.8 Å². The number of benzene rings is 1. The molecule has 0 saturated carbocycles. The molecule has 23 heavy (non-hydrogen) atoms. The van der Waals surface area contributed by atoms with Crippen LogP contribution in [0, 0.1) is 5.92 Å². The number of hydrogen-bond donors (Lipinski definition) is 1. The highest BCUT2D eigenvalue weighted by Gasteiger charge is 2.08. The predicted octanol–water partition coefficient (Wildman–Crippen LogP) is 3.96. The molecule has 0 heterocycles. The van der Waals surface area contributed by atoms with Gasteiger partial charge in [0.05, 0.1) is 20.3 Å². The van der Waals surface area contributed by atoms with Crippen LogP contribution in [-0.2, 0) is 16.1 Å². The fraction of sp³-hybridized carbons (Fsp3) is 0.526. The Balaban J connectivity index is 2.54.